The molecule has 1 saturated carbocycles. The smallest absolute Gasteiger partial charge is 0.319 e. The lowest BCUT2D eigenvalue weighted by Crippen LogP contribution is -2.57. The second-order valence-electron chi connectivity index (χ2n) is 5.40. The van der Waals surface area contributed by atoms with E-state index in [1.807, 2.05) is 0 Å². The van der Waals surface area contributed by atoms with Crippen molar-refractivity contribution < 1.29 is 4.79 Å². The SMILES string of the molecule is CN(C)C1(CNC(=O)Nc2ccc(N)cc2)CCC1. The molecule has 1 aromatic carbocycles. The molecule has 0 atom stereocenters. The minimum Gasteiger partial charge on any atom is -0.399 e. The van der Waals surface area contributed by atoms with Crippen LogP contribution in [0.5, 0.6) is 0 Å². The van der Waals surface area contributed by atoms with Crippen LogP contribution in [-0.4, -0.2) is 37.1 Å². The molecular formula is C14H22N4O. The van der Waals surface area contributed by atoms with Crippen molar-refractivity contribution in [3.63, 3.8) is 0 Å². The van der Waals surface area contributed by atoms with E-state index in [2.05, 4.69) is 29.6 Å². The third-order valence-corrected chi connectivity index (χ3v) is 3.98. The summed E-state index contributed by atoms with van der Waals surface area (Å²) in [5, 5.41) is 5.75. The van der Waals surface area contributed by atoms with Crippen LogP contribution >= 0.6 is 0 Å². The summed E-state index contributed by atoms with van der Waals surface area (Å²) in [4.78, 5) is 14.0. The Balaban J connectivity index is 1.83. The number of amides is 2. The van der Waals surface area contributed by atoms with E-state index in [0.717, 1.165) is 18.5 Å². The first-order valence-corrected chi connectivity index (χ1v) is 6.60. The van der Waals surface area contributed by atoms with E-state index in [0.29, 0.717) is 12.2 Å². The van der Waals surface area contributed by atoms with Gasteiger partial charge in [0.1, 0.15) is 0 Å². The number of hydrogen-bond acceptors (Lipinski definition) is 3. The Morgan fingerprint density at radius 1 is 1.32 bits per heavy atom. The molecular weight excluding hydrogens is 240 g/mol. The van der Waals surface area contributed by atoms with Gasteiger partial charge in [-0.15, -0.1) is 0 Å². The van der Waals surface area contributed by atoms with Crippen molar-refractivity contribution >= 4 is 17.4 Å². The van der Waals surface area contributed by atoms with Gasteiger partial charge in [-0.05, 0) is 57.6 Å². The molecule has 1 aliphatic rings. The Morgan fingerprint density at radius 3 is 2.42 bits per heavy atom. The van der Waals surface area contributed by atoms with Crippen LogP contribution in [0.2, 0.25) is 0 Å². The quantitative estimate of drug-likeness (QED) is 0.726. The summed E-state index contributed by atoms with van der Waals surface area (Å²) in [6, 6.07) is 6.95. The third-order valence-electron chi connectivity index (χ3n) is 3.98. The first kappa shape index (κ1) is 13.7. The molecule has 0 unspecified atom stereocenters. The maximum Gasteiger partial charge on any atom is 0.319 e. The number of rotatable bonds is 4. The van der Waals surface area contributed by atoms with Crippen LogP contribution in [0, 0.1) is 0 Å². The van der Waals surface area contributed by atoms with Crippen LogP contribution < -0.4 is 16.4 Å². The first-order chi connectivity index (χ1) is 9.02. The first-order valence-electron chi connectivity index (χ1n) is 6.60. The van der Waals surface area contributed by atoms with Crippen molar-refractivity contribution in [3.05, 3.63) is 24.3 Å². The highest BCUT2D eigenvalue weighted by Crippen LogP contribution is 2.35. The number of benzene rings is 1. The zero-order valence-corrected chi connectivity index (χ0v) is 11.6. The van der Waals surface area contributed by atoms with Crippen molar-refractivity contribution in [3.8, 4) is 0 Å². The maximum absolute atomic E-state index is 11.8. The minimum atomic E-state index is -0.169. The lowest BCUT2D eigenvalue weighted by Gasteiger charge is -2.47. The van der Waals surface area contributed by atoms with Gasteiger partial charge in [0.15, 0.2) is 0 Å². The van der Waals surface area contributed by atoms with Gasteiger partial charge in [0.2, 0.25) is 0 Å². The highest BCUT2D eigenvalue weighted by molar-refractivity contribution is 5.89. The van der Waals surface area contributed by atoms with Crippen molar-refractivity contribution in [2.75, 3.05) is 31.7 Å². The van der Waals surface area contributed by atoms with Crippen LogP contribution in [0.4, 0.5) is 16.2 Å². The fraction of sp³-hybridized carbons (Fsp3) is 0.500. The Hall–Kier alpha value is -1.75. The molecule has 2 amide bonds. The van der Waals surface area contributed by atoms with Crippen LogP contribution in [-0.2, 0) is 0 Å². The number of anilines is 2. The van der Waals surface area contributed by atoms with E-state index in [1.165, 1.54) is 6.42 Å². The van der Waals surface area contributed by atoms with Crippen LogP contribution in [0.3, 0.4) is 0 Å². The molecule has 4 N–H and O–H groups in total. The summed E-state index contributed by atoms with van der Waals surface area (Å²) in [5.74, 6) is 0. The van der Waals surface area contributed by atoms with Gasteiger partial charge in [-0.25, -0.2) is 4.79 Å². The number of nitrogens with zero attached hydrogens (tertiary/aromatic N) is 1. The fourth-order valence-corrected chi connectivity index (χ4v) is 2.35. The minimum absolute atomic E-state index is 0.137. The molecule has 0 radical (unpaired) electrons. The van der Waals surface area contributed by atoms with Crippen LogP contribution in [0.15, 0.2) is 24.3 Å². The molecule has 5 nitrogen and oxygen atoms in total. The molecule has 0 heterocycles. The summed E-state index contributed by atoms with van der Waals surface area (Å²) in [6.07, 6.45) is 3.52. The predicted molar refractivity (Wildman–Crippen MR) is 78.1 cm³/mol. The molecule has 104 valence electrons. The average molecular weight is 262 g/mol. The molecule has 2 rings (SSSR count). The number of carbonyl (C=O) groups is 1. The number of carbonyl (C=O) groups excluding carboxylic acids is 1. The van der Waals surface area contributed by atoms with Crippen molar-refractivity contribution in [2.24, 2.45) is 0 Å². The van der Waals surface area contributed by atoms with Crippen LogP contribution in [0.1, 0.15) is 19.3 Å². The van der Waals surface area contributed by atoms with E-state index >= 15 is 0 Å². The van der Waals surface area contributed by atoms with Gasteiger partial charge in [-0.2, -0.15) is 0 Å². The summed E-state index contributed by atoms with van der Waals surface area (Å²) >= 11 is 0. The molecule has 19 heavy (non-hydrogen) atoms. The lowest BCUT2D eigenvalue weighted by molar-refractivity contribution is 0.0630. The molecule has 1 aliphatic carbocycles. The van der Waals surface area contributed by atoms with E-state index in [1.54, 1.807) is 24.3 Å². The summed E-state index contributed by atoms with van der Waals surface area (Å²) in [6.45, 7) is 0.681. The van der Waals surface area contributed by atoms with Crippen molar-refractivity contribution in [1.29, 1.82) is 0 Å². The topological polar surface area (TPSA) is 70.4 Å². The lowest BCUT2D eigenvalue weighted by atomic mass is 9.75. The Bertz CT molecular complexity index is 437. The van der Waals surface area contributed by atoms with Gasteiger partial charge < -0.3 is 21.3 Å². The van der Waals surface area contributed by atoms with Gasteiger partial charge in [0, 0.05) is 23.5 Å². The molecule has 0 spiro atoms. The highest BCUT2D eigenvalue weighted by Gasteiger charge is 2.39. The molecule has 0 saturated heterocycles. The second kappa shape index (κ2) is 5.48. The molecule has 1 aromatic rings. The Kier molecular flexibility index (Phi) is 3.95. The van der Waals surface area contributed by atoms with Gasteiger partial charge in [0.05, 0.1) is 0 Å². The van der Waals surface area contributed by atoms with Crippen molar-refractivity contribution in [1.82, 2.24) is 10.2 Å². The monoisotopic (exact) mass is 262 g/mol. The van der Waals surface area contributed by atoms with Gasteiger partial charge in [0.25, 0.3) is 0 Å². The summed E-state index contributed by atoms with van der Waals surface area (Å²) < 4.78 is 0. The number of nitrogen functional groups attached to an aromatic ring is 1. The summed E-state index contributed by atoms with van der Waals surface area (Å²) in [5.41, 5.74) is 7.17. The predicted octanol–water partition coefficient (Wildman–Crippen LogP) is 1.87. The third kappa shape index (κ3) is 3.17. The number of urea groups is 1. The van der Waals surface area contributed by atoms with E-state index in [4.69, 9.17) is 5.73 Å². The van der Waals surface area contributed by atoms with E-state index < -0.39 is 0 Å². The number of likely N-dealkylation sites (N-methyl/N-ethyl adjacent to an activating group) is 1. The van der Waals surface area contributed by atoms with E-state index in [9.17, 15) is 4.79 Å². The Morgan fingerprint density at radius 2 is 1.95 bits per heavy atom. The molecule has 0 aromatic heterocycles. The maximum atomic E-state index is 11.8. The zero-order valence-electron chi connectivity index (χ0n) is 11.6. The molecule has 0 aliphatic heterocycles. The van der Waals surface area contributed by atoms with Gasteiger partial charge >= 0.3 is 6.03 Å². The fourth-order valence-electron chi connectivity index (χ4n) is 2.35. The van der Waals surface area contributed by atoms with Gasteiger partial charge in [-0.3, -0.25) is 0 Å². The average Bonchev–Trinajstić information content (AvgIpc) is 2.30. The normalized spacial score (nSPS) is 16.8. The molecule has 1 fully saturated rings. The standard InChI is InChI=1S/C14H22N4O/c1-18(2)14(8-3-9-14)10-16-13(19)17-12-6-4-11(15)5-7-12/h4-7H,3,8-10,15H2,1-2H3,(H2,16,17,19). The summed E-state index contributed by atoms with van der Waals surface area (Å²) in [7, 11) is 4.14. The molecule has 0 bridgehead atoms. The largest absolute Gasteiger partial charge is 0.399 e. The second-order valence-corrected chi connectivity index (χ2v) is 5.40. The number of nitrogens with two attached hydrogens (primary N) is 1. The highest BCUT2D eigenvalue weighted by atomic mass is 16.2. The van der Waals surface area contributed by atoms with Crippen LogP contribution in [0.25, 0.3) is 0 Å². The number of hydrogen-bond donors (Lipinski definition) is 3. The number of nitrogens with one attached hydrogen (secondary N) is 2. The van der Waals surface area contributed by atoms with Gasteiger partial charge in [-0.1, -0.05) is 0 Å². The van der Waals surface area contributed by atoms with E-state index in [-0.39, 0.29) is 11.6 Å². The zero-order chi connectivity index (χ0) is 13.9. The van der Waals surface area contributed by atoms with Crippen molar-refractivity contribution in [2.45, 2.75) is 24.8 Å². The molecule has 5 heteroatoms. The Labute approximate surface area is 114 Å².